The summed E-state index contributed by atoms with van der Waals surface area (Å²) in [6, 6.07) is 15.1. The maximum Gasteiger partial charge on any atom is 0.338 e. The molecule has 7 nitrogen and oxygen atoms in total. The van der Waals surface area contributed by atoms with Gasteiger partial charge >= 0.3 is 5.97 Å². The standard InChI is InChI=1S/C19H20N2O5/c1-13(18(23)21(2)15-6-4-3-5-7-15)26-19(24)14-8-10-16(11-9-14)25-12-17(20)22/h3-11,13H,12H2,1-2H3,(H2,20,22)/t13-/m0/s1. The summed E-state index contributed by atoms with van der Waals surface area (Å²) in [5.41, 5.74) is 5.96. The zero-order valence-electron chi connectivity index (χ0n) is 14.5. The van der Waals surface area contributed by atoms with E-state index in [1.54, 1.807) is 19.2 Å². The van der Waals surface area contributed by atoms with Gasteiger partial charge < -0.3 is 20.1 Å². The third-order valence-electron chi connectivity index (χ3n) is 3.58. The quantitative estimate of drug-likeness (QED) is 0.762. The lowest BCUT2D eigenvalue weighted by molar-refractivity contribution is -0.126. The van der Waals surface area contributed by atoms with E-state index in [4.69, 9.17) is 15.2 Å². The number of nitrogens with two attached hydrogens (primary N) is 1. The monoisotopic (exact) mass is 356 g/mol. The lowest BCUT2D eigenvalue weighted by Gasteiger charge is -2.21. The van der Waals surface area contributed by atoms with Crippen molar-refractivity contribution in [1.82, 2.24) is 0 Å². The van der Waals surface area contributed by atoms with E-state index in [0.717, 1.165) is 0 Å². The lowest BCUT2D eigenvalue weighted by atomic mass is 10.2. The number of rotatable bonds is 7. The second-order valence-corrected chi connectivity index (χ2v) is 5.56. The average Bonchev–Trinajstić information content (AvgIpc) is 2.66. The minimum atomic E-state index is -0.946. The largest absolute Gasteiger partial charge is 0.484 e. The Morgan fingerprint density at radius 1 is 1.04 bits per heavy atom. The van der Waals surface area contributed by atoms with Gasteiger partial charge in [0.2, 0.25) is 0 Å². The number of benzene rings is 2. The molecule has 0 fully saturated rings. The number of hydrogen-bond acceptors (Lipinski definition) is 5. The second-order valence-electron chi connectivity index (χ2n) is 5.56. The molecule has 7 heteroatoms. The number of esters is 1. The predicted molar refractivity (Wildman–Crippen MR) is 95.9 cm³/mol. The SMILES string of the molecule is C[C@H](OC(=O)c1ccc(OCC(N)=O)cc1)C(=O)N(C)c1ccccc1. The number of likely N-dealkylation sites (N-methyl/N-ethyl adjacent to an activating group) is 1. The molecular formula is C19H20N2O5. The number of anilines is 1. The molecule has 2 N–H and O–H groups in total. The third kappa shape index (κ3) is 5.07. The maximum atomic E-state index is 12.4. The van der Waals surface area contributed by atoms with Gasteiger partial charge in [0, 0.05) is 12.7 Å². The first-order chi connectivity index (χ1) is 12.4. The smallest absolute Gasteiger partial charge is 0.338 e. The number of ether oxygens (including phenoxy) is 2. The average molecular weight is 356 g/mol. The lowest BCUT2D eigenvalue weighted by Crippen LogP contribution is -2.37. The van der Waals surface area contributed by atoms with Crippen molar-refractivity contribution >= 4 is 23.5 Å². The van der Waals surface area contributed by atoms with Crippen LogP contribution in [0.4, 0.5) is 5.69 Å². The summed E-state index contributed by atoms with van der Waals surface area (Å²) < 4.78 is 10.3. The van der Waals surface area contributed by atoms with Crippen molar-refractivity contribution in [1.29, 1.82) is 0 Å². The number of carbonyl (C=O) groups is 3. The Morgan fingerprint density at radius 3 is 2.23 bits per heavy atom. The molecule has 0 aromatic heterocycles. The summed E-state index contributed by atoms with van der Waals surface area (Å²) in [5, 5.41) is 0. The molecule has 2 aromatic carbocycles. The van der Waals surface area contributed by atoms with E-state index < -0.39 is 18.0 Å². The van der Waals surface area contributed by atoms with E-state index in [2.05, 4.69) is 0 Å². The fraction of sp³-hybridized carbons (Fsp3) is 0.211. The van der Waals surface area contributed by atoms with E-state index in [9.17, 15) is 14.4 Å². The van der Waals surface area contributed by atoms with E-state index >= 15 is 0 Å². The van der Waals surface area contributed by atoms with Gasteiger partial charge in [-0.05, 0) is 43.3 Å². The molecule has 0 aliphatic heterocycles. The minimum Gasteiger partial charge on any atom is -0.484 e. The van der Waals surface area contributed by atoms with Crippen LogP contribution in [-0.2, 0) is 14.3 Å². The van der Waals surface area contributed by atoms with Gasteiger partial charge in [-0.3, -0.25) is 9.59 Å². The molecule has 0 aliphatic rings. The van der Waals surface area contributed by atoms with Crippen molar-refractivity contribution in [3.8, 4) is 5.75 Å². The fourth-order valence-electron chi connectivity index (χ4n) is 2.17. The molecule has 0 unspecified atom stereocenters. The van der Waals surface area contributed by atoms with E-state index in [1.165, 1.54) is 36.1 Å². The van der Waals surface area contributed by atoms with E-state index in [0.29, 0.717) is 11.4 Å². The third-order valence-corrected chi connectivity index (χ3v) is 3.58. The molecule has 0 saturated carbocycles. The van der Waals surface area contributed by atoms with Crippen molar-refractivity contribution < 1.29 is 23.9 Å². The Kier molecular flexibility index (Phi) is 6.32. The van der Waals surface area contributed by atoms with Crippen LogP contribution in [0.25, 0.3) is 0 Å². The van der Waals surface area contributed by atoms with Gasteiger partial charge in [-0.15, -0.1) is 0 Å². The Bertz CT molecular complexity index is 774. The van der Waals surface area contributed by atoms with Crippen molar-refractivity contribution in [3.63, 3.8) is 0 Å². The Hall–Kier alpha value is -3.35. The number of nitrogens with zero attached hydrogens (tertiary/aromatic N) is 1. The first-order valence-corrected chi connectivity index (χ1v) is 7.93. The van der Waals surface area contributed by atoms with E-state index in [-0.39, 0.29) is 18.1 Å². The van der Waals surface area contributed by atoms with Crippen LogP contribution in [0.15, 0.2) is 54.6 Å². The molecule has 0 aliphatic carbocycles. The van der Waals surface area contributed by atoms with Crippen LogP contribution >= 0.6 is 0 Å². The van der Waals surface area contributed by atoms with Crippen LogP contribution in [0.5, 0.6) is 5.75 Å². The zero-order valence-corrected chi connectivity index (χ0v) is 14.5. The zero-order chi connectivity index (χ0) is 19.1. The highest BCUT2D eigenvalue weighted by Gasteiger charge is 2.23. The molecule has 0 bridgehead atoms. The number of amides is 2. The molecule has 2 aromatic rings. The molecule has 136 valence electrons. The molecule has 0 spiro atoms. The first-order valence-electron chi connectivity index (χ1n) is 7.93. The van der Waals surface area contributed by atoms with E-state index in [1.807, 2.05) is 18.2 Å². The van der Waals surface area contributed by atoms with Gasteiger partial charge in [0.05, 0.1) is 5.56 Å². The summed E-state index contributed by atoms with van der Waals surface area (Å²) in [7, 11) is 1.62. The summed E-state index contributed by atoms with van der Waals surface area (Å²) in [6.45, 7) is 1.27. The van der Waals surface area contributed by atoms with Gasteiger partial charge in [0.25, 0.3) is 11.8 Å². The van der Waals surface area contributed by atoms with Crippen LogP contribution in [0.1, 0.15) is 17.3 Å². The van der Waals surface area contributed by atoms with Crippen LogP contribution in [0.3, 0.4) is 0 Å². The number of hydrogen-bond donors (Lipinski definition) is 1. The Balaban J connectivity index is 1.95. The summed E-state index contributed by atoms with van der Waals surface area (Å²) in [4.78, 5) is 36.7. The number of primary amides is 1. The highest BCUT2D eigenvalue weighted by molar-refractivity contribution is 5.98. The van der Waals surface area contributed by atoms with Crippen LogP contribution in [-0.4, -0.2) is 37.5 Å². The molecule has 2 amide bonds. The Labute approximate surface area is 151 Å². The predicted octanol–water partition coefficient (Wildman–Crippen LogP) is 1.76. The molecule has 26 heavy (non-hydrogen) atoms. The topological polar surface area (TPSA) is 98.9 Å². The molecule has 0 saturated heterocycles. The Morgan fingerprint density at radius 2 is 1.65 bits per heavy atom. The van der Waals surface area contributed by atoms with Gasteiger partial charge in [-0.25, -0.2) is 4.79 Å². The summed E-state index contributed by atoms with van der Waals surface area (Å²) >= 11 is 0. The van der Waals surface area contributed by atoms with Crippen molar-refractivity contribution in [3.05, 3.63) is 60.2 Å². The van der Waals surface area contributed by atoms with Gasteiger partial charge in [0.15, 0.2) is 12.7 Å². The number of para-hydroxylation sites is 1. The minimum absolute atomic E-state index is 0.249. The highest BCUT2D eigenvalue weighted by atomic mass is 16.5. The molecule has 0 radical (unpaired) electrons. The normalized spacial score (nSPS) is 11.3. The van der Waals surface area contributed by atoms with Crippen LogP contribution < -0.4 is 15.4 Å². The second kappa shape index (κ2) is 8.66. The van der Waals surface area contributed by atoms with Gasteiger partial charge in [-0.2, -0.15) is 0 Å². The van der Waals surface area contributed by atoms with Crippen molar-refractivity contribution in [2.24, 2.45) is 5.73 Å². The molecule has 2 rings (SSSR count). The maximum absolute atomic E-state index is 12.4. The fourth-order valence-corrected chi connectivity index (χ4v) is 2.17. The molecule has 1 atom stereocenters. The summed E-state index contributed by atoms with van der Waals surface area (Å²) in [6.07, 6.45) is -0.946. The van der Waals surface area contributed by atoms with Crippen molar-refractivity contribution in [2.75, 3.05) is 18.6 Å². The summed E-state index contributed by atoms with van der Waals surface area (Å²) in [5.74, 6) is -1.17. The van der Waals surface area contributed by atoms with Gasteiger partial charge in [0.1, 0.15) is 5.75 Å². The highest BCUT2D eigenvalue weighted by Crippen LogP contribution is 2.16. The first kappa shape index (κ1) is 19.0. The van der Waals surface area contributed by atoms with Crippen LogP contribution in [0, 0.1) is 0 Å². The van der Waals surface area contributed by atoms with Gasteiger partial charge in [-0.1, -0.05) is 18.2 Å². The number of carbonyl (C=O) groups excluding carboxylic acids is 3. The molecular weight excluding hydrogens is 336 g/mol. The molecule has 0 heterocycles. The van der Waals surface area contributed by atoms with Crippen molar-refractivity contribution in [2.45, 2.75) is 13.0 Å². The van der Waals surface area contributed by atoms with Crippen LogP contribution in [0.2, 0.25) is 0 Å².